The van der Waals surface area contributed by atoms with Crippen LogP contribution in [0.25, 0.3) is 11.3 Å². The van der Waals surface area contributed by atoms with Gasteiger partial charge < -0.3 is 5.32 Å². The second kappa shape index (κ2) is 7.87. The third-order valence-electron chi connectivity index (χ3n) is 5.38. The van der Waals surface area contributed by atoms with E-state index in [1.165, 1.54) is 55.3 Å². The van der Waals surface area contributed by atoms with E-state index in [1.54, 1.807) is 0 Å². The fourth-order valence-electron chi connectivity index (χ4n) is 3.90. The molecule has 1 N–H and O–H groups in total. The Morgan fingerprint density at radius 3 is 2.03 bits per heavy atom. The van der Waals surface area contributed by atoms with E-state index in [9.17, 15) is 0 Å². The molecule has 2 nitrogen and oxygen atoms in total. The van der Waals surface area contributed by atoms with Gasteiger partial charge in [0.2, 0.25) is 0 Å². The molecule has 1 aromatic carbocycles. The molecule has 2 heterocycles. The second-order valence-electron chi connectivity index (χ2n) is 7.62. The number of allylic oxidation sites excluding steroid dienone is 7. The predicted octanol–water partition coefficient (Wildman–Crippen LogP) is 4.31. The van der Waals surface area contributed by atoms with Crippen LogP contribution < -0.4 is 15.8 Å². The highest BCUT2D eigenvalue weighted by atomic mass is 14.8. The van der Waals surface area contributed by atoms with Crippen LogP contribution in [0.2, 0.25) is 0 Å². The van der Waals surface area contributed by atoms with Crippen molar-refractivity contribution in [2.24, 2.45) is 0 Å². The summed E-state index contributed by atoms with van der Waals surface area (Å²) in [5.74, 6) is 1.22. The van der Waals surface area contributed by atoms with Gasteiger partial charge in [-0.1, -0.05) is 17.9 Å². The van der Waals surface area contributed by atoms with Crippen molar-refractivity contribution >= 4 is 11.3 Å². The lowest BCUT2D eigenvalue weighted by Gasteiger charge is -2.13. The Hall–Kier alpha value is -3.48. The second-order valence-corrected chi connectivity index (χ2v) is 7.62. The van der Waals surface area contributed by atoms with Gasteiger partial charge in [0, 0.05) is 53.0 Å². The zero-order valence-electron chi connectivity index (χ0n) is 17.4. The molecule has 0 saturated heterocycles. The molecule has 4 rings (SSSR count). The standard InChI is InChI=1S/C27H25N2/c1-18-13-24(22-5-9-28-10-6-22)14-19(2)26(18)17-27-20(3)15-25(16-21(27)4)23-7-11-29-12-8-23/h5-16,28H,1-4H3/q+1. The van der Waals surface area contributed by atoms with Gasteiger partial charge in [-0.3, -0.25) is 0 Å². The lowest BCUT2D eigenvalue weighted by Crippen LogP contribution is -2.18. The molecular formula is C27H25N2+. The number of hydrogen-bond donors (Lipinski definition) is 1. The Morgan fingerprint density at radius 1 is 0.862 bits per heavy atom. The maximum absolute atomic E-state index is 4.12. The van der Waals surface area contributed by atoms with Crippen LogP contribution in [-0.2, 0) is 0 Å². The maximum Gasteiger partial charge on any atom is 0.0882 e. The molecule has 0 atom stereocenters. The largest absolute Gasteiger partial charge is 0.368 e. The van der Waals surface area contributed by atoms with Crippen LogP contribution in [0.3, 0.4) is 0 Å². The van der Waals surface area contributed by atoms with E-state index in [-0.39, 0.29) is 0 Å². The topological polar surface area (TPSA) is 24.9 Å². The van der Waals surface area contributed by atoms with Crippen LogP contribution in [0.4, 0.5) is 0 Å². The number of aryl methyl sites for hydroxylation is 2. The quantitative estimate of drug-likeness (QED) is 0.749. The Kier molecular flexibility index (Phi) is 5.12. The molecule has 1 aliphatic heterocycles. The van der Waals surface area contributed by atoms with Crippen molar-refractivity contribution in [2.45, 2.75) is 27.7 Å². The molecule has 2 heteroatoms. The molecule has 0 bridgehead atoms. The Labute approximate surface area is 172 Å². The number of dihydropyridines is 1. The molecule has 29 heavy (non-hydrogen) atoms. The SMILES string of the molecule is CC1=C[C+](c2ccncc2)C=C(C)C1=C=c1c(C)cc(=C2C=CNC=C2)cc1C. The van der Waals surface area contributed by atoms with Crippen LogP contribution in [-0.4, -0.2) is 4.98 Å². The van der Waals surface area contributed by atoms with Crippen molar-refractivity contribution in [3.63, 3.8) is 0 Å². The molecule has 1 aliphatic carbocycles. The van der Waals surface area contributed by atoms with Crippen molar-refractivity contribution < 1.29 is 0 Å². The molecule has 0 radical (unpaired) electrons. The summed E-state index contributed by atoms with van der Waals surface area (Å²) < 4.78 is 0. The summed E-state index contributed by atoms with van der Waals surface area (Å²) in [7, 11) is 0. The first-order valence-corrected chi connectivity index (χ1v) is 9.89. The summed E-state index contributed by atoms with van der Waals surface area (Å²) in [4.78, 5) is 4.12. The minimum absolute atomic E-state index is 1.18. The first-order chi connectivity index (χ1) is 14.0. The van der Waals surface area contributed by atoms with Gasteiger partial charge in [-0.25, -0.2) is 4.98 Å². The van der Waals surface area contributed by atoms with Crippen molar-refractivity contribution in [1.82, 2.24) is 10.3 Å². The van der Waals surface area contributed by atoms with E-state index < -0.39 is 0 Å². The van der Waals surface area contributed by atoms with Crippen molar-refractivity contribution in [1.29, 1.82) is 0 Å². The van der Waals surface area contributed by atoms with Gasteiger partial charge >= 0.3 is 0 Å². The summed E-state index contributed by atoms with van der Waals surface area (Å²) in [6, 6.07) is 8.60. The Morgan fingerprint density at radius 2 is 1.45 bits per heavy atom. The number of aromatic nitrogens is 1. The van der Waals surface area contributed by atoms with Crippen LogP contribution in [0, 0.1) is 19.8 Å². The van der Waals surface area contributed by atoms with Crippen LogP contribution in [0.1, 0.15) is 30.5 Å². The Bertz CT molecular complexity index is 1170. The highest BCUT2D eigenvalue weighted by Crippen LogP contribution is 2.31. The summed E-state index contributed by atoms with van der Waals surface area (Å²) in [5, 5.41) is 5.51. The van der Waals surface area contributed by atoms with Gasteiger partial charge in [0.05, 0.1) is 29.4 Å². The normalized spacial score (nSPS) is 15.7. The average molecular weight is 378 g/mol. The molecule has 1 aromatic heterocycles. The monoisotopic (exact) mass is 377 g/mol. The molecule has 2 aromatic rings. The number of hydrogen-bond acceptors (Lipinski definition) is 2. The van der Waals surface area contributed by atoms with E-state index in [2.05, 4.69) is 92.3 Å². The number of pyridine rings is 1. The Balaban J connectivity index is 1.85. The zero-order chi connectivity index (χ0) is 20.4. The first kappa shape index (κ1) is 18.9. The summed E-state index contributed by atoms with van der Waals surface area (Å²) in [6.45, 7) is 8.67. The van der Waals surface area contributed by atoms with Crippen LogP contribution in [0.15, 0.2) is 90.1 Å². The molecule has 0 amide bonds. The van der Waals surface area contributed by atoms with Gasteiger partial charge in [-0.2, -0.15) is 0 Å². The molecular weight excluding hydrogens is 352 g/mol. The van der Waals surface area contributed by atoms with Crippen molar-refractivity contribution in [3.05, 3.63) is 123 Å². The summed E-state index contributed by atoms with van der Waals surface area (Å²) in [6.07, 6.45) is 16.3. The van der Waals surface area contributed by atoms with Crippen molar-refractivity contribution in [3.8, 4) is 0 Å². The van der Waals surface area contributed by atoms with Gasteiger partial charge in [0.15, 0.2) is 0 Å². The third kappa shape index (κ3) is 3.89. The zero-order valence-corrected chi connectivity index (χ0v) is 17.4. The molecule has 142 valence electrons. The van der Waals surface area contributed by atoms with Crippen molar-refractivity contribution in [2.75, 3.05) is 0 Å². The number of rotatable bonds is 1. The molecule has 0 spiro atoms. The smallest absolute Gasteiger partial charge is 0.0882 e. The molecule has 0 saturated carbocycles. The number of benzene rings is 1. The van der Waals surface area contributed by atoms with E-state index >= 15 is 0 Å². The minimum atomic E-state index is 1.18. The van der Waals surface area contributed by atoms with E-state index in [0.717, 1.165) is 0 Å². The van der Waals surface area contributed by atoms with Gasteiger partial charge in [-0.05, 0) is 61.8 Å². The van der Waals surface area contributed by atoms with Gasteiger partial charge in [0.1, 0.15) is 0 Å². The lowest BCUT2D eigenvalue weighted by atomic mass is 9.85. The maximum atomic E-state index is 4.12. The first-order valence-electron chi connectivity index (χ1n) is 9.89. The predicted molar refractivity (Wildman–Crippen MR) is 121 cm³/mol. The highest BCUT2D eigenvalue weighted by molar-refractivity contribution is 5.68. The van der Waals surface area contributed by atoms with E-state index in [4.69, 9.17) is 0 Å². The molecule has 2 aliphatic rings. The fourth-order valence-corrected chi connectivity index (χ4v) is 3.90. The fraction of sp³-hybridized carbons (Fsp3) is 0.148. The van der Waals surface area contributed by atoms with E-state index in [1.807, 2.05) is 24.8 Å². The lowest BCUT2D eigenvalue weighted by molar-refractivity contribution is 1.18. The molecule has 0 fully saturated rings. The van der Waals surface area contributed by atoms with Crippen LogP contribution in [0.5, 0.6) is 0 Å². The highest BCUT2D eigenvalue weighted by Gasteiger charge is 2.22. The molecule has 0 unspecified atom stereocenters. The van der Waals surface area contributed by atoms with Gasteiger partial charge in [-0.15, -0.1) is 0 Å². The van der Waals surface area contributed by atoms with Crippen LogP contribution >= 0.6 is 0 Å². The number of nitrogens with one attached hydrogen (secondary N) is 1. The number of nitrogens with zero attached hydrogens (tertiary/aromatic N) is 1. The third-order valence-corrected chi connectivity index (χ3v) is 5.38. The minimum Gasteiger partial charge on any atom is -0.368 e. The summed E-state index contributed by atoms with van der Waals surface area (Å²) in [5.41, 5.74) is 12.3. The van der Waals surface area contributed by atoms with E-state index in [0.29, 0.717) is 0 Å². The average Bonchev–Trinajstić information content (AvgIpc) is 2.73. The van der Waals surface area contributed by atoms with Gasteiger partial charge in [0.25, 0.3) is 0 Å². The summed E-state index contributed by atoms with van der Waals surface area (Å²) >= 11 is 0.